The molecule has 0 radical (unpaired) electrons. The van der Waals surface area contributed by atoms with E-state index < -0.39 is 0 Å². The summed E-state index contributed by atoms with van der Waals surface area (Å²) in [6.07, 6.45) is 7.18. The van der Waals surface area contributed by atoms with Crippen LogP contribution in [0.4, 0.5) is 5.95 Å². The fraction of sp³-hybridized carbons (Fsp3) is 0.292. The van der Waals surface area contributed by atoms with Gasteiger partial charge in [0.25, 0.3) is 5.56 Å². The molecule has 0 atom stereocenters. The molecule has 1 aromatic carbocycles. The van der Waals surface area contributed by atoms with Gasteiger partial charge in [-0.3, -0.25) is 19.7 Å². The second kappa shape index (κ2) is 8.35. The van der Waals surface area contributed by atoms with Crippen molar-refractivity contribution in [2.45, 2.75) is 25.9 Å². The Kier molecular flexibility index (Phi) is 5.26. The Labute approximate surface area is 180 Å². The SMILES string of the molecule is CN(Cc1cccnc1)c1nc2c(c(=O)[nH]1)CCN(Cc1c[nH]c3ccccc13)CC2. The maximum atomic E-state index is 12.8. The summed E-state index contributed by atoms with van der Waals surface area (Å²) in [5, 5.41) is 1.26. The number of rotatable bonds is 5. The number of para-hydroxylation sites is 1. The van der Waals surface area contributed by atoms with E-state index >= 15 is 0 Å². The van der Waals surface area contributed by atoms with Gasteiger partial charge in [-0.15, -0.1) is 0 Å². The van der Waals surface area contributed by atoms with Gasteiger partial charge >= 0.3 is 0 Å². The molecule has 1 aliphatic rings. The average Bonchev–Trinajstić information content (AvgIpc) is 3.07. The zero-order valence-electron chi connectivity index (χ0n) is 17.6. The summed E-state index contributed by atoms with van der Waals surface area (Å²) in [5.41, 5.74) is 5.24. The summed E-state index contributed by atoms with van der Waals surface area (Å²) >= 11 is 0. The van der Waals surface area contributed by atoms with Gasteiger partial charge in [-0.1, -0.05) is 24.3 Å². The Morgan fingerprint density at radius 2 is 2.00 bits per heavy atom. The number of fused-ring (bicyclic) bond motifs is 2. The van der Waals surface area contributed by atoms with Crippen molar-refractivity contribution in [2.24, 2.45) is 0 Å². The van der Waals surface area contributed by atoms with Crippen molar-refractivity contribution in [3.8, 4) is 0 Å². The maximum Gasteiger partial charge on any atom is 0.255 e. The van der Waals surface area contributed by atoms with Crippen molar-refractivity contribution in [3.05, 3.63) is 87.7 Å². The van der Waals surface area contributed by atoms with Crippen molar-refractivity contribution in [2.75, 3.05) is 25.0 Å². The first-order valence-corrected chi connectivity index (χ1v) is 10.7. The highest BCUT2D eigenvalue weighted by Crippen LogP contribution is 2.21. The summed E-state index contributed by atoms with van der Waals surface area (Å²) in [6, 6.07) is 12.3. The van der Waals surface area contributed by atoms with Gasteiger partial charge < -0.3 is 9.88 Å². The first-order valence-electron chi connectivity index (χ1n) is 10.7. The number of benzene rings is 1. The van der Waals surface area contributed by atoms with Crippen LogP contribution >= 0.6 is 0 Å². The summed E-state index contributed by atoms with van der Waals surface area (Å²) in [4.78, 5) is 32.5. The molecule has 0 amide bonds. The molecule has 2 N–H and O–H groups in total. The van der Waals surface area contributed by atoms with E-state index in [4.69, 9.17) is 4.98 Å². The van der Waals surface area contributed by atoms with E-state index in [0.717, 1.165) is 48.4 Å². The molecule has 0 bridgehead atoms. The van der Waals surface area contributed by atoms with Gasteiger partial charge in [0, 0.05) is 74.7 Å². The van der Waals surface area contributed by atoms with Crippen LogP contribution in [0.1, 0.15) is 22.4 Å². The third kappa shape index (κ3) is 4.09. The molecule has 0 fully saturated rings. The first-order chi connectivity index (χ1) is 15.2. The van der Waals surface area contributed by atoms with Crippen molar-refractivity contribution in [3.63, 3.8) is 0 Å². The van der Waals surface area contributed by atoms with Crippen LogP contribution in [0.5, 0.6) is 0 Å². The van der Waals surface area contributed by atoms with Crippen LogP contribution in [0.2, 0.25) is 0 Å². The lowest BCUT2D eigenvalue weighted by Gasteiger charge is -2.19. The topological polar surface area (TPSA) is 80.9 Å². The predicted octanol–water partition coefficient (Wildman–Crippen LogP) is 2.88. The molecule has 158 valence electrons. The normalized spacial score (nSPS) is 14.4. The molecule has 4 aromatic rings. The van der Waals surface area contributed by atoms with Crippen LogP contribution in [0.25, 0.3) is 10.9 Å². The van der Waals surface area contributed by atoms with Gasteiger partial charge in [0.15, 0.2) is 0 Å². The molecule has 0 saturated carbocycles. The minimum atomic E-state index is -0.0213. The second-order valence-electron chi connectivity index (χ2n) is 8.17. The molecule has 4 heterocycles. The Morgan fingerprint density at radius 1 is 1.13 bits per heavy atom. The molecule has 3 aromatic heterocycles. The van der Waals surface area contributed by atoms with Crippen LogP contribution in [0.15, 0.2) is 59.8 Å². The molecular weight excluding hydrogens is 388 g/mol. The van der Waals surface area contributed by atoms with Crippen LogP contribution < -0.4 is 10.5 Å². The number of aromatic nitrogens is 4. The molecule has 31 heavy (non-hydrogen) atoms. The summed E-state index contributed by atoms with van der Waals surface area (Å²) in [7, 11) is 1.94. The lowest BCUT2D eigenvalue weighted by molar-refractivity contribution is 0.280. The summed E-state index contributed by atoms with van der Waals surface area (Å²) in [6.45, 7) is 3.24. The van der Waals surface area contributed by atoms with Crippen molar-refractivity contribution < 1.29 is 0 Å². The zero-order valence-corrected chi connectivity index (χ0v) is 17.6. The van der Waals surface area contributed by atoms with Gasteiger partial charge in [-0.25, -0.2) is 4.98 Å². The number of nitrogens with one attached hydrogen (secondary N) is 2. The van der Waals surface area contributed by atoms with Crippen LogP contribution in [0, 0.1) is 0 Å². The van der Waals surface area contributed by atoms with Crippen LogP contribution in [0.3, 0.4) is 0 Å². The highest BCUT2D eigenvalue weighted by atomic mass is 16.1. The van der Waals surface area contributed by atoms with E-state index in [9.17, 15) is 4.79 Å². The fourth-order valence-electron chi connectivity index (χ4n) is 4.32. The lowest BCUT2D eigenvalue weighted by Crippen LogP contribution is -2.26. The van der Waals surface area contributed by atoms with Crippen molar-refractivity contribution in [1.82, 2.24) is 24.8 Å². The lowest BCUT2D eigenvalue weighted by atomic mass is 10.1. The molecule has 7 heteroatoms. The van der Waals surface area contributed by atoms with E-state index in [2.05, 4.69) is 44.2 Å². The van der Waals surface area contributed by atoms with Gasteiger partial charge in [0.1, 0.15) is 0 Å². The highest BCUT2D eigenvalue weighted by Gasteiger charge is 2.20. The average molecular weight is 415 g/mol. The zero-order chi connectivity index (χ0) is 21.2. The Morgan fingerprint density at radius 3 is 2.87 bits per heavy atom. The standard InChI is InChI=1S/C24H26N6O/c1-29(15-17-5-4-10-25-13-17)24-27-22-9-12-30(11-8-20(22)23(31)28-24)16-18-14-26-21-7-3-2-6-19(18)21/h2-7,10,13-14,26H,8-9,11-12,15-16H2,1H3,(H,27,28,31). The van der Waals surface area contributed by atoms with E-state index in [-0.39, 0.29) is 5.56 Å². The number of nitrogens with zero attached hydrogens (tertiary/aromatic N) is 4. The quantitative estimate of drug-likeness (QED) is 0.525. The smallest absolute Gasteiger partial charge is 0.255 e. The first kappa shape index (κ1) is 19.5. The summed E-state index contributed by atoms with van der Waals surface area (Å²) in [5.74, 6) is 0.609. The minimum absolute atomic E-state index is 0.0213. The third-order valence-electron chi connectivity index (χ3n) is 6.00. The largest absolute Gasteiger partial charge is 0.361 e. The van der Waals surface area contributed by atoms with Gasteiger partial charge in [-0.2, -0.15) is 0 Å². The second-order valence-corrected chi connectivity index (χ2v) is 8.17. The van der Waals surface area contributed by atoms with E-state index in [1.165, 1.54) is 10.9 Å². The van der Waals surface area contributed by atoms with E-state index in [1.54, 1.807) is 6.20 Å². The number of anilines is 1. The number of hydrogen-bond donors (Lipinski definition) is 2. The molecular formula is C24H26N6O. The van der Waals surface area contributed by atoms with Gasteiger partial charge in [-0.05, 0) is 29.7 Å². The molecule has 1 aliphatic heterocycles. The third-order valence-corrected chi connectivity index (χ3v) is 6.00. The fourth-order valence-corrected chi connectivity index (χ4v) is 4.32. The molecule has 0 unspecified atom stereocenters. The number of H-pyrrole nitrogens is 2. The Hall–Kier alpha value is -3.45. The number of pyridine rings is 1. The molecule has 0 aliphatic carbocycles. The summed E-state index contributed by atoms with van der Waals surface area (Å²) < 4.78 is 0. The Balaban J connectivity index is 1.32. The highest BCUT2D eigenvalue weighted by molar-refractivity contribution is 5.82. The monoisotopic (exact) mass is 414 g/mol. The predicted molar refractivity (Wildman–Crippen MR) is 122 cm³/mol. The van der Waals surface area contributed by atoms with Crippen LogP contribution in [-0.2, 0) is 25.9 Å². The van der Waals surface area contributed by atoms with Gasteiger partial charge in [0.05, 0.1) is 5.69 Å². The molecule has 7 nitrogen and oxygen atoms in total. The van der Waals surface area contributed by atoms with Crippen molar-refractivity contribution in [1.29, 1.82) is 0 Å². The molecule has 5 rings (SSSR count). The maximum absolute atomic E-state index is 12.8. The van der Waals surface area contributed by atoms with Gasteiger partial charge in [0.2, 0.25) is 5.95 Å². The van der Waals surface area contributed by atoms with E-state index in [0.29, 0.717) is 18.9 Å². The molecule has 0 saturated heterocycles. The van der Waals surface area contributed by atoms with Crippen molar-refractivity contribution >= 4 is 16.9 Å². The van der Waals surface area contributed by atoms with E-state index in [1.807, 2.05) is 36.3 Å². The molecule has 0 spiro atoms. The number of aromatic amines is 2. The number of hydrogen-bond acceptors (Lipinski definition) is 5. The van der Waals surface area contributed by atoms with Crippen LogP contribution in [-0.4, -0.2) is 45.0 Å². The minimum Gasteiger partial charge on any atom is -0.361 e. The Bertz CT molecular complexity index is 1250.